The van der Waals surface area contributed by atoms with Gasteiger partial charge in [-0.15, -0.1) is 0 Å². The van der Waals surface area contributed by atoms with Gasteiger partial charge < -0.3 is 4.98 Å². The maximum atomic E-state index is 12.7. The van der Waals surface area contributed by atoms with Crippen LogP contribution >= 0.6 is 0 Å². The second-order valence-electron chi connectivity index (χ2n) is 6.40. The van der Waals surface area contributed by atoms with Crippen molar-refractivity contribution in [2.24, 2.45) is 0 Å². The van der Waals surface area contributed by atoms with Crippen LogP contribution in [0.15, 0.2) is 47.4 Å². The van der Waals surface area contributed by atoms with Crippen molar-refractivity contribution in [1.29, 1.82) is 0 Å². The molecular formula is C18H19N3O2S. The van der Waals surface area contributed by atoms with E-state index in [0.29, 0.717) is 18.0 Å². The number of nitrogens with one attached hydrogen (secondary N) is 1. The van der Waals surface area contributed by atoms with E-state index in [-0.39, 0.29) is 5.92 Å². The van der Waals surface area contributed by atoms with Gasteiger partial charge in [0.1, 0.15) is 5.82 Å². The van der Waals surface area contributed by atoms with Crippen LogP contribution in [-0.4, -0.2) is 35.8 Å². The van der Waals surface area contributed by atoms with Crippen LogP contribution in [0.1, 0.15) is 22.9 Å². The summed E-state index contributed by atoms with van der Waals surface area (Å²) in [5.41, 5.74) is 3.99. The molecular weight excluding hydrogens is 322 g/mol. The summed E-state index contributed by atoms with van der Waals surface area (Å²) in [5.74, 6) is 0.987. The smallest absolute Gasteiger partial charge is 0.243 e. The minimum Gasteiger partial charge on any atom is -0.342 e. The molecule has 6 heteroatoms. The zero-order chi connectivity index (χ0) is 16.9. The number of aryl methyl sites for hydroxylation is 2. The number of aromatic nitrogens is 2. The molecule has 5 nitrogen and oxygen atoms in total. The van der Waals surface area contributed by atoms with Gasteiger partial charge in [0.15, 0.2) is 0 Å². The summed E-state index contributed by atoms with van der Waals surface area (Å²) < 4.78 is 27.0. The highest BCUT2D eigenvalue weighted by molar-refractivity contribution is 7.89. The number of benzene rings is 2. The van der Waals surface area contributed by atoms with E-state index < -0.39 is 10.0 Å². The second kappa shape index (κ2) is 5.43. The Morgan fingerprint density at radius 2 is 1.83 bits per heavy atom. The number of hydrogen-bond donors (Lipinski definition) is 1. The zero-order valence-corrected chi connectivity index (χ0v) is 14.5. The van der Waals surface area contributed by atoms with Crippen LogP contribution in [0.4, 0.5) is 0 Å². The number of fused-ring (bicyclic) bond motifs is 1. The molecule has 3 aromatic rings. The van der Waals surface area contributed by atoms with Gasteiger partial charge in [-0.05, 0) is 49.2 Å². The third-order valence-electron chi connectivity index (χ3n) is 4.76. The Hall–Kier alpha value is -2.18. The van der Waals surface area contributed by atoms with Crippen molar-refractivity contribution in [3.8, 4) is 0 Å². The molecule has 2 aromatic carbocycles. The topological polar surface area (TPSA) is 66.1 Å². The molecule has 0 saturated carbocycles. The van der Waals surface area contributed by atoms with Gasteiger partial charge in [0.05, 0.1) is 15.9 Å². The van der Waals surface area contributed by atoms with Crippen molar-refractivity contribution in [2.75, 3.05) is 13.1 Å². The molecule has 2 heterocycles. The molecule has 0 bridgehead atoms. The Morgan fingerprint density at radius 3 is 2.54 bits per heavy atom. The fourth-order valence-corrected chi connectivity index (χ4v) is 4.61. The van der Waals surface area contributed by atoms with Crippen LogP contribution in [0.5, 0.6) is 0 Å². The van der Waals surface area contributed by atoms with Crippen LogP contribution in [0.2, 0.25) is 0 Å². The number of nitrogens with zero attached hydrogens (tertiary/aromatic N) is 2. The Kier molecular flexibility index (Phi) is 3.47. The molecule has 0 unspecified atom stereocenters. The van der Waals surface area contributed by atoms with Crippen molar-refractivity contribution >= 4 is 21.1 Å². The first-order chi connectivity index (χ1) is 11.4. The maximum Gasteiger partial charge on any atom is 0.243 e. The van der Waals surface area contributed by atoms with Crippen LogP contribution in [0.25, 0.3) is 11.0 Å². The summed E-state index contributed by atoms with van der Waals surface area (Å²) in [7, 11) is -3.42. The molecule has 0 radical (unpaired) electrons. The van der Waals surface area contributed by atoms with Gasteiger partial charge in [-0.1, -0.05) is 18.2 Å². The molecule has 0 atom stereocenters. The summed E-state index contributed by atoms with van der Waals surface area (Å²) in [6, 6.07) is 13.1. The molecule has 1 saturated heterocycles. The Morgan fingerprint density at radius 1 is 1.08 bits per heavy atom. The fraction of sp³-hybridized carbons (Fsp3) is 0.278. The average molecular weight is 341 g/mol. The van der Waals surface area contributed by atoms with Crippen LogP contribution in [-0.2, 0) is 10.0 Å². The third kappa shape index (κ3) is 2.42. The van der Waals surface area contributed by atoms with E-state index in [1.165, 1.54) is 4.31 Å². The van der Waals surface area contributed by atoms with Crippen molar-refractivity contribution in [3.63, 3.8) is 0 Å². The van der Waals surface area contributed by atoms with E-state index in [1.54, 1.807) is 12.1 Å². The maximum absolute atomic E-state index is 12.7. The molecule has 4 rings (SSSR count). The van der Waals surface area contributed by atoms with Crippen molar-refractivity contribution < 1.29 is 8.42 Å². The van der Waals surface area contributed by atoms with Crippen LogP contribution < -0.4 is 0 Å². The highest BCUT2D eigenvalue weighted by Gasteiger charge is 2.39. The summed E-state index contributed by atoms with van der Waals surface area (Å²) >= 11 is 0. The Balaban J connectivity index is 1.54. The fourth-order valence-electron chi connectivity index (χ4n) is 3.00. The highest BCUT2D eigenvalue weighted by atomic mass is 32.2. The van der Waals surface area contributed by atoms with Crippen molar-refractivity contribution in [2.45, 2.75) is 24.7 Å². The lowest BCUT2D eigenvalue weighted by Crippen LogP contribution is -2.48. The molecule has 1 aromatic heterocycles. The van der Waals surface area contributed by atoms with Gasteiger partial charge in [-0.2, -0.15) is 4.31 Å². The van der Waals surface area contributed by atoms with E-state index in [9.17, 15) is 8.42 Å². The van der Waals surface area contributed by atoms with E-state index in [2.05, 4.69) is 9.97 Å². The SMILES string of the molecule is Cc1ccc(S(=O)(=O)N2CC(c3nc4ccccc4[nH]3)C2)cc1C. The van der Waals surface area contributed by atoms with Crippen LogP contribution in [0, 0.1) is 13.8 Å². The van der Waals surface area contributed by atoms with Crippen LogP contribution in [0.3, 0.4) is 0 Å². The number of imidazole rings is 1. The predicted molar refractivity (Wildman–Crippen MR) is 93.5 cm³/mol. The van der Waals surface area contributed by atoms with Gasteiger partial charge in [0.2, 0.25) is 10.0 Å². The first kappa shape index (κ1) is 15.4. The molecule has 0 amide bonds. The second-order valence-corrected chi connectivity index (χ2v) is 8.34. The lowest BCUT2D eigenvalue weighted by Gasteiger charge is -2.36. The van der Waals surface area contributed by atoms with Crippen molar-refractivity contribution in [1.82, 2.24) is 14.3 Å². The lowest BCUT2D eigenvalue weighted by molar-refractivity contribution is 0.257. The lowest BCUT2D eigenvalue weighted by atomic mass is 10.0. The first-order valence-corrected chi connectivity index (χ1v) is 9.41. The predicted octanol–water partition coefficient (Wildman–Crippen LogP) is 2.97. The molecule has 1 N–H and O–H groups in total. The Bertz CT molecular complexity index is 985. The molecule has 1 aliphatic rings. The molecule has 1 aliphatic heterocycles. The summed E-state index contributed by atoms with van der Waals surface area (Å²) in [6.45, 7) is 4.85. The van der Waals surface area contributed by atoms with E-state index >= 15 is 0 Å². The molecule has 124 valence electrons. The monoisotopic (exact) mass is 341 g/mol. The Labute approximate surface area is 141 Å². The van der Waals surface area contributed by atoms with Crippen molar-refractivity contribution in [3.05, 3.63) is 59.4 Å². The first-order valence-electron chi connectivity index (χ1n) is 7.97. The normalized spacial score (nSPS) is 16.4. The number of para-hydroxylation sites is 2. The molecule has 0 spiro atoms. The van der Waals surface area contributed by atoms with E-state index in [1.807, 2.05) is 44.2 Å². The molecule has 0 aliphatic carbocycles. The van der Waals surface area contributed by atoms with E-state index in [4.69, 9.17) is 0 Å². The highest BCUT2D eigenvalue weighted by Crippen LogP contribution is 2.32. The number of H-pyrrole nitrogens is 1. The number of aromatic amines is 1. The quantitative estimate of drug-likeness (QED) is 0.796. The largest absolute Gasteiger partial charge is 0.342 e. The van der Waals surface area contributed by atoms with Gasteiger partial charge in [-0.3, -0.25) is 0 Å². The summed E-state index contributed by atoms with van der Waals surface area (Å²) in [4.78, 5) is 8.24. The van der Waals surface area contributed by atoms with E-state index in [0.717, 1.165) is 28.0 Å². The number of sulfonamides is 1. The zero-order valence-electron chi connectivity index (χ0n) is 13.7. The number of rotatable bonds is 3. The third-order valence-corrected chi connectivity index (χ3v) is 6.59. The molecule has 1 fully saturated rings. The minimum absolute atomic E-state index is 0.124. The summed E-state index contributed by atoms with van der Waals surface area (Å²) in [6.07, 6.45) is 0. The van der Waals surface area contributed by atoms with Gasteiger partial charge >= 0.3 is 0 Å². The standard InChI is InChI=1S/C18H19N3O2S/c1-12-7-8-15(9-13(12)2)24(22,23)21-10-14(11-21)18-19-16-5-3-4-6-17(16)20-18/h3-9,14H,10-11H2,1-2H3,(H,19,20). The summed E-state index contributed by atoms with van der Waals surface area (Å²) in [5, 5.41) is 0. The van der Waals surface area contributed by atoms with Gasteiger partial charge in [0.25, 0.3) is 0 Å². The van der Waals surface area contributed by atoms with Gasteiger partial charge in [-0.25, -0.2) is 13.4 Å². The minimum atomic E-state index is -3.42. The average Bonchev–Trinajstić information content (AvgIpc) is 2.91. The number of hydrogen-bond acceptors (Lipinski definition) is 3. The molecule has 24 heavy (non-hydrogen) atoms. The van der Waals surface area contributed by atoms with Gasteiger partial charge in [0, 0.05) is 19.0 Å².